The largest absolute Gasteiger partial charge is 0.497 e. The normalized spacial score (nSPS) is 17.4. The fourth-order valence-electron chi connectivity index (χ4n) is 3.16. The van der Waals surface area contributed by atoms with E-state index in [1.54, 1.807) is 13.2 Å². The second kappa shape index (κ2) is 7.99. The second-order valence-corrected chi connectivity index (χ2v) is 6.21. The van der Waals surface area contributed by atoms with E-state index < -0.39 is 0 Å². The Morgan fingerprint density at radius 3 is 2.76 bits per heavy atom. The van der Waals surface area contributed by atoms with Gasteiger partial charge in [0.05, 0.1) is 13.2 Å². The Bertz CT molecular complexity index is 740. The van der Waals surface area contributed by atoms with Gasteiger partial charge >= 0.3 is 0 Å². The molecule has 1 amide bonds. The van der Waals surface area contributed by atoms with E-state index in [4.69, 9.17) is 4.74 Å². The van der Waals surface area contributed by atoms with E-state index in [9.17, 15) is 4.79 Å². The van der Waals surface area contributed by atoms with E-state index in [-0.39, 0.29) is 11.9 Å². The Morgan fingerprint density at radius 2 is 2.04 bits per heavy atom. The maximum Gasteiger partial charge on any atom is 0.240 e. The standard InChI is InChI=1S/C21H24N2O2/c1-3-12-23-13-11-22-20(21(23)24)14-16-7-9-17(10-8-16)18-5-4-6-19(15-18)25-2/h3-10,15,20,22H,1,11-14H2,2H3/t20-/m1/s1. The number of rotatable bonds is 6. The third-order valence-electron chi connectivity index (χ3n) is 4.53. The van der Waals surface area contributed by atoms with Crippen molar-refractivity contribution in [2.75, 3.05) is 26.7 Å². The first-order valence-electron chi connectivity index (χ1n) is 8.57. The molecular weight excluding hydrogens is 312 g/mol. The summed E-state index contributed by atoms with van der Waals surface area (Å²) in [6.45, 7) is 5.91. The zero-order chi connectivity index (χ0) is 17.6. The summed E-state index contributed by atoms with van der Waals surface area (Å²) in [5, 5.41) is 3.33. The average Bonchev–Trinajstić information content (AvgIpc) is 2.66. The summed E-state index contributed by atoms with van der Waals surface area (Å²) >= 11 is 0. The third kappa shape index (κ3) is 4.09. The van der Waals surface area contributed by atoms with Crippen LogP contribution in [0.3, 0.4) is 0 Å². The second-order valence-electron chi connectivity index (χ2n) is 6.21. The number of ether oxygens (including phenoxy) is 1. The highest BCUT2D eigenvalue weighted by Crippen LogP contribution is 2.24. The third-order valence-corrected chi connectivity index (χ3v) is 4.53. The molecule has 130 valence electrons. The number of hydrogen-bond acceptors (Lipinski definition) is 3. The van der Waals surface area contributed by atoms with Gasteiger partial charge in [-0.25, -0.2) is 0 Å². The minimum Gasteiger partial charge on any atom is -0.497 e. The molecule has 2 aromatic carbocycles. The first-order valence-corrected chi connectivity index (χ1v) is 8.57. The van der Waals surface area contributed by atoms with Crippen molar-refractivity contribution in [1.82, 2.24) is 10.2 Å². The van der Waals surface area contributed by atoms with Gasteiger partial charge in [0.1, 0.15) is 5.75 Å². The minimum atomic E-state index is -0.156. The highest BCUT2D eigenvalue weighted by Gasteiger charge is 2.27. The molecule has 1 saturated heterocycles. The average molecular weight is 336 g/mol. The summed E-state index contributed by atoms with van der Waals surface area (Å²) < 4.78 is 5.28. The fraction of sp³-hybridized carbons (Fsp3) is 0.286. The lowest BCUT2D eigenvalue weighted by Crippen LogP contribution is -2.55. The predicted octanol–water partition coefficient (Wildman–Crippen LogP) is 2.89. The molecule has 1 aliphatic rings. The number of nitrogens with zero attached hydrogens (tertiary/aromatic N) is 1. The van der Waals surface area contributed by atoms with E-state index in [1.165, 1.54) is 0 Å². The molecule has 4 nitrogen and oxygen atoms in total. The molecule has 0 aliphatic carbocycles. The Hall–Kier alpha value is -2.59. The first-order chi connectivity index (χ1) is 12.2. The molecule has 0 radical (unpaired) electrons. The number of nitrogens with one attached hydrogen (secondary N) is 1. The van der Waals surface area contributed by atoms with Crippen LogP contribution < -0.4 is 10.1 Å². The molecule has 2 aromatic rings. The lowest BCUT2D eigenvalue weighted by atomic mass is 9.99. The van der Waals surface area contributed by atoms with Crippen LogP contribution in [0.25, 0.3) is 11.1 Å². The first kappa shape index (κ1) is 17.2. The molecule has 0 aromatic heterocycles. The van der Waals surface area contributed by atoms with Crippen LogP contribution in [-0.4, -0.2) is 43.6 Å². The predicted molar refractivity (Wildman–Crippen MR) is 101 cm³/mol. The number of piperazine rings is 1. The fourth-order valence-corrected chi connectivity index (χ4v) is 3.16. The van der Waals surface area contributed by atoms with Gasteiger partial charge in [0.2, 0.25) is 5.91 Å². The number of carbonyl (C=O) groups is 1. The molecule has 1 N–H and O–H groups in total. The van der Waals surface area contributed by atoms with E-state index in [2.05, 4.69) is 42.2 Å². The van der Waals surface area contributed by atoms with Gasteiger partial charge in [-0.3, -0.25) is 4.79 Å². The highest BCUT2D eigenvalue weighted by molar-refractivity contribution is 5.83. The van der Waals surface area contributed by atoms with Crippen molar-refractivity contribution in [2.24, 2.45) is 0 Å². The maximum atomic E-state index is 12.5. The maximum absolute atomic E-state index is 12.5. The number of amides is 1. The summed E-state index contributed by atoms with van der Waals surface area (Å²) in [7, 11) is 1.67. The Kier molecular flexibility index (Phi) is 5.51. The minimum absolute atomic E-state index is 0.156. The smallest absolute Gasteiger partial charge is 0.240 e. The highest BCUT2D eigenvalue weighted by atomic mass is 16.5. The molecule has 1 aliphatic heterocycles. The van der Waals surface area contributed by atoms with Gasteiger partial charge in [-0.1, -0.05) is 42.5 Å². The van der Waals surface area contributed by atoms with Crippen LogP contribution in [-0.2, 0) is 11.2 Å². The summed E-state index contributed by atoms with van der Waals surface area (Å²) in [5.74, 6) is 1.00. The molecule has 0 saturated carbocycles. The van der Waals surface area contributed by atoms with E-state index in [0.29, 0.717) is 13.0 Å². The van der Waals surface area contributed by atoms with Crippen molar-refractivity contribution in [3.63, 3.8) is 0 Å². The monoisotopic (exact) mass is 336 g/mol. The van der Waals surface area contributed by atoms with Crippen LogP contribution in [0.4, 0.5) is 0 Å². The van der Waals surface area contributed by atoms with Gasteiger partial charge in [-0.05, 0) is 35.2 Å². The summed E-state index contributed by atoms with van der Waals surface area (Å²) in [4.78, 5) is 14.3. The Labute approximate surface area is 149 Å². The Balaban J connectivity index is 1.70. The van der Waals surface area contributed by atoms with Gasteiger partial charge < -0.3 is 15.0 Å². The van der Waals surface area contributed by atoms with Gasteiger partial charge in [-0.15, -0.1) is 6.58 Å². The van der Waals surface area contributed by atoms with Gasteiger partial charge in [-0.2, -0.15) is 0 Å². The van der Waals surface area contributed by atoms with Crippen molar-refractivity contribution in [2.45, 2.75) is 12.5 Å². The molecule has 25 heavy (non-hydrogen) atoms. The van der Waals surface area contributed by atoms with Crippen LogP contribution in [0.15, 0.2) is 61.2 Å². The number of hydrogen-bond donors (Lipinski definition) is 1. The van der Waals surface area contributed by atoms with E-state index >= 15 is 0 Å². The van der Waals surface area contributed by atoms with Gasteiger partial charge in [0.15, 0.2) is 0 Å². The molecule has 0 bridgehead atoms. The lowest BCUT2D eigenvalue weighted by molar-refractivity contribution is -0.135. The number of methoxy groups -OCH3 is 1. The summed E-state index contributed by atoms with van der Waals surface area (Å²) in [6.07, 6.45) is 2.48. The number of carbonyl (C=O) groups excluding carboxylic acids is 1. The van der Waals surface area contributed by atoms with Crippen molar-refractivity contribution in [3.05, 3.63) is 66.7 Å². The van der Waals surface area contributed by atoms with Crippen LogP contribution >= 0.6 is 0 Å². The van der Waals surface area contributed by atoms with Crippen molar-refractivity contribution in [3.8, 4) is 16.9 Å². The molecule has 3 rings (SSSR count). The zero-order valence-corrected chi connectivity index (χ0v) is 14.6. The topological polar surface area (TPSA) is 41.6 Å². The zero-order valence-electron chi connectivity index (χ0n) is 14.6. The molecule has 1 heterocycles. The molecule has 4 heteroatoms. The molecule has 1 atom stereocenters. The summed E-state index contributed by atoms with van der Waals surface area (Å²) in [6, 6.07) is 16.2. The van der Waals surface area contributed by atoms with Gasteiger partial charge in [0, 0.05) is 19.6 Å². The SMILES string of the molecule is C=CCN1CCN[C@H](Cc2ccc(-c3cccc(OC)c3)cc2)C1=O. The van der Waals surface area contributed by atoms with Crippen LogP contribution in [0.5, 0.6) is 5.75 Å². The Morgan fingerprint density at radius 1 is 1.24 bits per heavy atom. The van der Waals surface area contributed by atoms with Crippen molar-refractivity contribution >= 4 is 5.91 Å². The molecule has 1 fully saturated rings. The van der Waals surface area contributed by atoms with Crippen LogP contribution in [0.2, 0.25) is 0 Å². The van der Waals surface area contributed by atoms with Crippen LogP contribution in [0.1, 0.15) is 5.56 Å². The number of benzene rings is 2. The molecular formula is C21H24N2O2. The molecule has 0 spiro atoms. The van der Waals surface area contributed by atoms with Crippen LogP contribution in [0, 0.1) is 0 Å². The summed E-state index contributed by atoms with van der Waals surface area (Å²) in [5.41, 5.74) is 3.41. The van der Waals surface area contributed by atoms with E-state index in [0.717, 1.165) is 35.5 Å². The quantitative estimate of drug-likeness (QED) is 0.825. The van der Waals surface area contributed by atoms with Crippen molar-refractivity contribution < 1.29 is 9.53 Å². The molecule has 0 unspecified atom stereocenters. The van der Waals surface area contributed by atoms with Gasteiger partial charge in [0.25, 0.3) is 0 Å². The lowest BCUT2D eigenvalue weighted by Gasteiger charge is -2.32. The van der Waals surface area contributed by atoms with Crippen molar-refractivity contribution in [1.29, 1.82) is 0 Å². The van der Waals surface area contributed by atoms with E-state index in [1.807, 2.05) is 23.1 Å².